The Labute approximate surface area is 154 Å². The van der Waals surface area contributed by atoms with Gasteiger partial charge in [0.1, 0.15) is 11.6 Å². The van der Waals surface area contributed by atoms with Crippen LogP contribution >= 0.6 is 0 Å². The van der Waals surface area contributed by atoms with E-state index in [1.54, 1.807) is 13.2 Å². The molecule has 0 bridgehead atoms. The standard InChI is InChI=1S/C10H15N3O2.C7H5NO4/c1-15-8-4-6-13(7-5-8)9-2-3-10(14)12-11-9;9-5-12-7-3-1-6(2-4-7)8(10)11/h2-3,8H,4-7H2,1H3,(H,12,14);1-5H. The topological polar surface area (TPSA) is 128 Å². The lowest BCUT2D eigenvalue weighted by Crippen LogP contribution is -2.37. The van der Waals surface area contributed by atoms with E-state index in [1.807, 2.05) is 0 Å². The fourth-order valence-electron chi connectivity index (χ4n) is 2.54. The quantitative estimate of drug-likeness (QED) is 0.472. The van der Waals surface area contributed by atoms with Gasteiger partial charge in [0.15, 0.2) is 0 Å². The Morgan fingerprint density at radius 1 is 1.22 bits per heavy atom. The summed E-state index contributed by atoms with van der Waals surface area (Å²) in [6, 6.07) is 8.49. The summed E-state index contributed by atoms with van der Waals surface area (Å²) in [5.41, 5.74) is -0.196. The van der Waals surface area contributed by atoms with Crippen molar-refractivity contribution in [2.45, 2.75) is 18.9 Å². The summed E-state index contributed by atoms with van der Waals surface area (Å²) < 4.78 is 9.73. The van der Waals surface area contributed by atoms with Gasteiger partial charge in [0.2, 0.25) is 0 Å². The first kappa shape index (κ1) is 20.0. The van der Waals surface area contributed by atoms with Gasteiger partial charge in [0.25, 0.3) is 17.7 Å². The number of hydrogen-bond acceptors (Lipinski definition) is 8. The molecule has 1 aromatic carbocycles. The van der Waals surface area contributed by atoms with Crippen LogP contribution in [0.4, 0.5) is 11.5 Å². The molecule has 1 fully saturated rings. The van der Waals surface area contributed by atoms with Crippen LogP contribution in [0.15, 0.2) is 41.2 Å². The Morgan fingerprint density at radius 2 is 1.89 bits per heavy atom. The number of methoxy groups -OCH3 is 1. The van der Waals surface area contributed by atoms with Crippen LogP contribution in [-0.4, -0.2) is 47.9 Å². The molecule has 0 unspecified atom stereocenters. The van der Waals surface area contributed by atoms with Crippen LogP contribution in [0.5, 0.6) is 5.75 Å². The molecule has 0 aliphatic carbocycles. The summed E-state index contributed by atoms with van der Waals surface area (Å²) >= 11 is 0. The van der Waals surface area contributed by atoms with Crippen LogP contribution in [0, 0.1) is 10.1 Å². The first-order valence-electron chi connectivity index (χ1n) is 8.21. The van der Waals surface area contributed by atoms with Crippen LogP contribution in [0.3, 0.4) is 0 Å². The molecular weight excluding hydrogens is 356 g/mol. The lowest BCUT2D eigenvalue weighted by atomic mass is 10.1. The second kappa shape index (κ2) is 10.0. The van der Waals surface area contributed by atoms with Crippen molar-refractivity contribution in [2.75, 3.05) is 25.1 Å². The Bertz CT molecular complexity index is 779. The van der Waals surface area contributed by atoms with E-state index in [9.17, 15) is 19.7 Å². The summed E-state index contributed by atoms with van der Waals surface area (Å²) in [5, 5.41) is 16.6. The number of nitro groups is 1. The molecule has 2 aromatic rings. The predicted molar refractivity (Wildman–Crippen MR) is 96.9 cm³/mol. The van der Waals surface area contributed by atoms with E-state index in [0.717, 1.165) is 31.7 Å². The molecule has 0 radical (unpaired) electrons. The number of carbonyl (C=O) groups is 1. The van der Waals surface area contributed by atoms with E-state index >= 15 is 0 Å². The van der Waals surface area contributed by atoms with Crippen LogP contribution in [0.1, 0.15) is 12.8 Å². The monoisotopic (exact) mass is 376 g/mol. The normalized spacial score (nSPS) is 14.0. The zero-order valence-corrected chi connectivity index (χ0v) is 14.7. The van der Waals surface area contributed by atoms with Gasteiger partial charge >= 0.3 is 0 Å². The third kappa shape index (κ3) is 6.19. The zero-order chi connectivity index (χ0) is 19.6. The van der Waals surface area contributed by atoms with Crippen molar-refractivity contribution < 1.29 is 19.2 Å². The van der Waals surface area contributed by atoms with Crippen molar-refractivity contribution in [3.63, 3.8) is 0 Å². The van der Waals surface area contributed by atoms with Crippen molar-refractivity contribution in [1.29, 1.82) is 0 Å². The minimum Gasteiger partial charge on any atom is -0.429 e. The molecule has 0 saturated carbocycles. The fourth-order valence-corrected chi connectivity index (χ4v) is 2.54. The number of nitro benzene ring substituents is 1. The van der Waals surface area contributed by atoms with Gasteiger partial charge < -0.3 is 14.4 Å². The minimum atomic E-state index is -0.523. The maximum Gasteiger partial charge on any atom is 0.298 e. The molecule has 27 heavy (non-hydrogen) atoms. The summed E-state index contributed by atoms with van der Waals surface area (Å²) in [6.07, 6.45) is 2.39. The number of carbonyl (C=O) groups excluding carboxylic acids is 1. The number of hydrogen-bond donors (Lipinski definition) is 1. The van der Waals surface area contributed by atoms with E-state index in [0.29, 0.717) is 6.10 Å². The highest BCUT2D eigenvalue weighted by molar-refractivity contribution is 5.46. The van der Waals surface area contributed by atoms with Crippen molar-refractivity contribution in [1.82, 2.24) is 10.2 Å². The Morgan fingerprint density at radius 3 is 2.37 bits per heavy atom. The number of H-pyrrole nitrogens is 1. The maximum atomic E-state index is 10.8. The second-order valence-electron chi connectivity index (χ2n) is 5.67. The van der Waals surface area contributed by atoms with Crippen molar-refractivity contribution in [3.05, 3.63) is 56.9 Å². The number of aromatic amines is 1. The molecular formula is C17H20N4O6. The van der Waals surface area contributed by atoms with Gasteiger partial charge in [-0.25, -0.2) is 5.10 Å². The van der Waals surface area contributed by atoms with Gasteiger partial charge in [0, 0.05) is 38.4 Å². The summed E-state index contributed by atoms with van der Waals surface area (Å²) in [4.78, 5) is 32.5. The fraction of sp³-hybridized carbons (Fsp3) is 0.353. The Kier molecular flexibility index (Phi) is 7.44. The number of nitrogens with zero attached hydrogens (tertiary/aromatic N) is 3. The van der Waals surface area contributed by atoms with Crippen LogP contribution in [0.25, 0.3) is 0 Å². The van der Waals surface area contributed by atoms with Gasteiger partial charge in [-0.3, -0.25) is 19.7 Å². The van der Waals surface area contributed by atoms with E-state index < -0.39 is 4.92 Å². The lowest BCUT2D eigenvalue weighted by Gasteiger charge is -2.31. The predicted octanol–water partition coefficient (Wildman–Crippen LogP) is 1.52. The van der Waals surface area contributed by atoms with Gasteiger partial charge in [-0.15, -0.1) is 0 Å². The molecule has 10 heteroatoms. The number of non-ortho nitro benzene ring substituents is 1. The summed E-state index contributed by atoms with van der Waals surface area (Å²) in [6.45, 7) is 2.12. The smallest absolute Gasteiger partial charge is 0.298 e. The number of rotatable bonds is 5. The number of benzene rings is 1. The highest BCUT2D eigenvalue weighted by Gasteiger charge is 2.19. The molecule has 0 amide bonds. The number of aromatic nitrogens is 2. The van der Waals surface area contributed by atoms with Crippen LogP contribution in [0.2, 0.25) is 0 Å². The molecule has 10 nitrogen and oxygen atoms in total. The lowest BCUT2D eigenvalue weighted by molar-refractivity contribution is -0.384. The van der Waals surface area contributed by atoms with Gasteiger partial charge in [0.05, 0.1) is 11.0 Å². The van der Waals surface area contributed by atoms with Gasteiger partial charge in [-0.1, -0.05) is 0 Å². The largest absolute Gasteiger partial charge is 0.429 e. The molecule has 2 heterocycles. The molecule has 1 aromatic heterocycles. The SMILES string of the molecule is COC1CCN(c2ccc(=O)[nH]n2)CC1.O=COc1ccc([N+](=O)[O-])cc1. The maximum absolute atomic E-state index is 10.8. The minimum absolute atomic E-state index is 0.0340. The molecule has 1 N–H and O–H groups in total. The molecule has 1 saturated heterocycles. The third-order valence-corrected chi connectivity index (χ3v) is 4.00. The molecule has 3 rings (SSSR count). The summed E-state index contributed by atoms with van der Waals surface area (Å²) in [7, 11) is 1.75. The molecule has 0 spiro atoms. The van der Waals surface area contributed by atoms with E-state index in [2.05, 4.69) is 19.8 Å². The van der Waals surface area contributed by atoms with Gasteiger partial charge in [-0.05, 0) is 31.0 Å². The number of anilines is 1. The van der Waals surface area contributed by atoms with Crippen molar-refractivity contribution in [2.24, 2.45) is 0 Å². The average molecular weight is 376 g/mol. The van der Waals surface area contributed by atoms with Crippen LogP contribution < -0.4 is 15.2 Å². The zero-order valence-electron chi connectivity index (χ0n) is 14.7. The van der Waals surface area contributed by atoms with E-state index in [-0.39, 0.29) is 23.5 Å². The third-order valence-electron chi connectivity index (χ3n) is 4.00. The average Bonchev–Trinajstić information content (AvgIpc) is 2.70. The molecule has 1 aliphatic heterocycles. The first-order valence-corrected chi connectivity index (χ1v) is 8.21. The highest BCUT2D eigenvalue weighted by atomic mass is 16.6. The van der Waals surface area contributed by atoms with Crippen molar-refractivity contribution >= 4 is 18.0 Å². The molecule has 0 atom stereocenters. The highest BCUT2D eigenvalue weighted by Crippen LogP contribution is 2.18. The first-order chi connectivity index (χ1) is 13.0. The molecule has 1 aliphatic rings. The number of ether oxygens (including phenoxy) is 2. The van der Waals surface area contributed by atoms with Crippen molar-refractivity contribution in [3.8, 4) is 5.75 Å². The van der Waals surface area contributed by atoms with Crippen LogP contribution in [-0.2, 0) is 9.53 Å². The number of piperidine rings is 1. The van der Waals surface area contributed by atoms with E-state index in [4.69, 9.17) is 4.74 Å². The number of nitrogens with one attached hydrogen (secondary N) is 1. The van der Waals surface area contributed by atoms with Gasteiger partial charge in [-0.2, -0.15) is 5.10 Å². The van der Waals surface area contributed by atoms with E-state index in [1.165, 1.54) is 30.3 Å². The summed E-state index contributed by atoms with van der Waals surface area (Å²) in [5.74, 6) is 1.12. The Hall–Kier alpha value is -3.27. The Balaban J connectivity index is 0.000000199. The second-order valence-corrected chi connectivity index (χ2v) is 5.67. The molecule has 144 valence electrons.